The zero-order chi connectivity index (χ0) is 22.7. The van der Waals surface area contributed by atoms with Crippen molar-refractivity contribution < 1.29 is 13.3 Å². The maximum absolute atomic E-state index is 13.1. The number of hydrogen-bond acceptors (Lipinski definition) is 8. The number of halogens is 1. The fourth-order valence-electron chi connectivity index (χ4n) is 3.49. The van der Waals surface area contributed by atoms with Crippen LogP contribution in [0.5, 0.6) is 0 Å². The third kappa shape index (κ3) is 4.90. The van der Waals surface area contributed by atoms with Crippen LogP contribution in [-0.4, -0.2) is 53.2 Å². The monoisotopic (exact) mass is 493 g/mol. The van der Waals surface area contributed by atoms with E-state index in [2.05, 4.69) is 9.36 Å². The Morgan fingerprint density at radius 1 is 1.09 bits per heavy atom. The highest BCUT2D eigenvalue weighted by Gasteiger charge is 2.29. The molecule has 1 aliphatic rings. The standard InChI is InChI=1S/C20H20ClN5O4S2/c21-17-8-7-16(14-18(17)26(27)28)32(29,30)25-10-4-9-24(11-12-25)20-22-19(23-31-20)13-15-5-2-1-3-6-15/h1-3,5-8,14H,4,9-13H2. The lowest BCUT2D eigenvalue weighted by Crippen LogP contribution is -2.35. The van der Waals surface area contributed by atoms with E-state index >= 15 is 0 Å². The summed E-state index contributed by atoms with van der Waals surface area (Å²) in [4.78, 5) is 17.0. The lowest BCUT2D eigenvalue weighted by Gasteiger charge is -2.21. The van der Waals surface area contributed by atoms with E-state index in [1.54, 1.807) is 0 Å². The smallest absolute Gasteiger partial charge is 0.289 e. The van der Waals surface area contributed by atoms with Gasteiger partial charge in [0.05, 0.1) is 9.82 Å². The number of sulfonamides is 1. The second kappa shape index (κ2) is 9.49. The molecule has 0 bridgehead atoms. The van der Waals surface area contributed by atoms with Crippen LogP contribution in [0.4, 0.5) is 10.8 Å². The van der Waals surface area contributed by atoms with Crippen molar-refractivity contribution in [1.29, 1.82) is 0 Å². The molecule has 0 spiro atoms. The Bertz CT molecular complexity index is 1220. The molecule has 2 aromatic carbocycles. The van der Waals surface area contributed by atoms with Gasteiger partial charge in [-0.25, -0.2) is 13.4 Å². The van der Waals surface area contributed by atoms with Crippen molar-refractivity contribution >= 4 is 44.0 Å². The summed E-state index contributed by atoms with van der Waals surface area (Å²) in [6, 6.07) is 13.5. The minimum absolute atomic E-state index is 0.0985. The van der Waals surface area contributed by atoms with Crippen molar-refractivity contribution in [3.63, 3.8) is 0 Å². The first-order valence-electron chi connectivity index (χ1n) is 9.90. The summed E-state index contributed by atoms with van der Waals surface area (Å²) in [7, 11) is -3.89. The van der Waals surface area contributed by atoms with Gasteiger partial charge in [0.25, 0.3) is 5.69 Å². The first kappa shape index (κ1) is 22.6. The molecule has 1 aliphatic heterocycles. The van der Waals surface area contributed by atoms with Crippen molar-refractivity contribution in [2.75, 3.05) is 31.1 Å². The number of rotatable bonds is 6. The molecule has 12 heteroatoms. The summed E-state index contributed by atoms with van der Waals surface area (Å²) in [5.74, 6) is 0.735. The normalized spacial score (nSPS) is 15.5. The predicted octanol–water partition coefficient (Wildman–Crippen LogP) is 3.59. The van der Waals surface area contributed by atoms with Gasteiger partial charge in [-0.2, -0.15) is 8.68 Å². The van der Waals surface area contributed by atoms with Gasteiger partial charge in [0.2, 0.25) is 15.2 Å². The van der Waals surface area contributed by atoms with Crippen molar-refractivity contribution in [3.05, 3.63) is 75.1 Å². The van der Waals surface area contributed by atoms with E-state index in [4.69, 9.17) is 11.6 Å². The first-order valence-corrected chi connectivity index (χ1v) is 12.5. The van der Waals surface area contributed by atoms with Crippen molar-refractivity contribution in [2.24, 2.45) is 0 Å². The van der Waals surface area contributed by atoms with Gasteiger partial charge in [-0.1, -0.05) is 41.9 Å². The Morgan fingerprint density at radius 2 is 1.88 bits per heavy atom. The fraction of sp³-hybridized carbons (Fsp3) is 0.300. The second-order valence-electron chi connectivity index (χ2n) is 7.27. The minimum Gasteiger partial charge on any atom is -0.345 e. The average Bonchev–Trinajstić information content (AvgIpc) is 3.08. The van der Waals surface area contributed by atoms with Gasteiger partial charge in [-0.15, -0.1) is 0 Å². The zero-order valence-electron chi connectivity index (χ0n) is 16.9. The van der Waals surface area contributed by atoms with E-state index in [1.807, 2.05) is 35.2 Å². The summed E-state index contributed by atoms with van der Waals surface area (Å²) < 4.78 is 32.0. The van der Waals surface area contributed by atoms with Gasteiger partial charge in [-0.3, -0.25) is 10.1 Å². The van der Waals surface area contributed by atoms with Gasteiger partial charge < -0.3 is 4.90 Å². The Kier molecular flexibility index (Phi) is 6.70. The van der Waals surface area contributed by atoms with Crippen LogP contribution < -0.4 is 4.90 Å². The highest BCUT2D eigenvalue weighted by Crippen LogP contribution is 2.29. The molecule has 1 aromatic heterocycles. The van der Waals surface area contributed by atoms with E-state index in [0.29, 0.717) is 32.5 Å². The zero-order valence-corrected chi connectivity index (χ0v) is 19.3. The number of benzene rings is 2. The molecule has 168 valence electrons. The number of anilines is 1. The molecule has 0 aliphatic carbocycles. The van der Waals surface area contributed by atoms with Gasteiger partial charge in [0.15, 0.2) is 0 Å². The Hall–Kier alpha value is -2.60. The van der Waals surface area contributed by atoms with E-state index in [0.717, 1.165) is 22.6 Å². The summed E-state index contributed by atoms with van der Waals surface area (Å²) in [6.07, 6.45) is 1.24. The van der Waals surface area contributed by atoms with Gasteiger partial charge in [0, 0.05) is 50.2 Å². The second-order valence-corrected chi connectivity index (χ2v) is 10.3. The Labute approximate surface area is 194 Å². The summed E-state index contributed by atoms with van der Waals surface area (Å²) >= 11 is 7.13. The molecular formula is C20H20ClN5O4S2. The average molecular weight is 494 g/mol. The topological polar surface area (TPSA) is 110 Å². The van der Waals surface area contributed by atoms with E-state index < -0.39 is 20.6 Å². The number of nitrogens with zero attached hydrogens (tertiary/aromatic N) is 5. The van der Waals surface area contributed by atoms with Crippen LogP contribution >= 0.6 is 23.1 Å². The number of hydrogen-bond donors (Lipinski definition) is 0. The molecule has 4 rings (SSSR count). The maximum atomic E-state index is 13.1. The highest BCUT2D eigenvalue weighted by atomic mass is 35.5. The van der Waals surface area contributed by atoms with Gasteiger partial charge >= 0.3 is 0 Å². The predicted molar refractivity (Wildman–Crippen MR) is 123 cm³/mol. The van der Waals surface area contributed by atoms with Crippen LogP contribution in [0.25, 0.3) is 0 Å². The molecule has 1 saturated heterocycles. The molecule has 9 nitrogen and oxygen atoms in total. The van der Waals surface area contributed by atoms with E-state index in [-0.39, 0.29) is 16.5 Å². The maximum Gasteiger partial charge on any atom is 0.289 e. The molecule has 32 heavy (non-hydrogen) atoms. The van der Waals surface area contributed by atoms with Gasteiger partial charge in [0.1, 0.15) is 10.8 Å². The molecule has 0 saturated carbocycles. The lowest BCUT2D eigenvalue weighted by atomic mass is 10.1. The van der Waals surface area contributed by atoms with Crippen LogP contribution in [0.15, 0.2) is 53.4 Å². The first-order chi connectivity index (χ1) is 15.3. The minimum atomic E-state index is -3.89. The molecule has 0 amide bonds. The largest absolute Gasteiger partial charge is 0.345 e. The fourth-order valence-corrected chi connectivity index (χ4v) is 5.90. The number of nitro benzene ring substituents is 1. The Balaban J connectivity index is 1.46. The summed E-state index contributed by atoms with van der Waals surface area (Å²) in [5.41, 5.74) is 0.700. The molecule has 3 aromatic rings. The lowest BCUT2D eigenvalue weighted by molar-refractivity contribution is -0.384. The number of nitro groups is 1. The summed E-state index contributed by atoms with van der Waals surface area (Å²) in [5, 5.41) is 11.8. The third-order valence-electron chi connectivity index (χ3n) is 5.14. The van der Waals surface area contributed by atoms with E-state index in [9.17, 15) is 18.5 Å². The van der Waals surface area contributed by atoms with Gasteiger partial charge in [-0.05, 0) is 24.1 Å². The molecule has 0 atom stereocenters. The number of aromatic nitrogens is 2. The molecule has 2 heterocycles. The van der Waals surface area contributed by atoms with E-state index in [1.165, 1.54) is 28.0 Å². The van der Waals surface area contributed by atoms with Crippen molar-refractivity contribution in [1.82, 2.24) is 13.7 Å². The van der Waals surface area contributed by atoms with Crippen molar-refractivity contribution in [3.8, 4) is 0 Å². The highest BCUT2D eigenvalue weighted by molar-refractivity contribution is 7.89. The molecular weight excluding hydrogens is 474 g/mol. The van der Waals surface area contributed by atoms with Crippen LogP contribution in [0, 0.1) is 10.1 Å². The van der Waals surface area contributed by atoms with Crippen LogP contribution in [0.2, 0.25) is 5.02 Å². The van der Waals surface area contributed by atoms with Crippen LogP contribution in [0.1, 0.15) is 17.8 Å². The molecule has 0 N–H and O–H groups in total. The molecule has 0 unspecified atom stereocenters. The third-order valence-corrected chi connectivity index (χ3v) is 8.17. The van der Waals surface area contributed by atoms with Crippen LogP contribution in [0.3, 0.4) is 0 Å². The van der Waals surface area contributed by atoms with Crippen LogP contribution in [-0.2, 0) is 16.4 Å². The SMILES string of the molecule is O=[N+]([O-])c1cc(S(=O)(=O)N2CCCN(c3nc(Cc4ccccc4)ns3)CC2)ccc1Cl. The molecule has 1 fully saturated rings. The van der Waals surface area contributed by atoms with Crippen molar-refractivity contribution in [2.45, 2.75) is 17.7 Å². The quantitative estimate of drug-likeness (QED) is 0.381. The molecule has 0 radical (unpaired) electrons. The summed E-state index contributed by atoms with van der Waals surface area (Å²) in [6.45, 7) is 1.65. The Morgan fingerprint density at radius 3 is 2.62 bits per heavy atom.